The highest BCUT2D eigenvalue weighted by Crippen LogP contribution is 2.46. The number of anilines is 1. The number of nitrogens with zero attached hydrogens (tertiary/aromatic N) is 2. The lowest BCUT2D eigenvalue weighted by Gasteiger charge is -2.39. The third-order valence-electron chi connectivity index (χ3n) is 7.33. The summed E-state index contributed by atoms with van der Waals surface area (Å²) >= 11 is 0. The minimum absolute atomic E-state index is 0.0755. The van der Waals surface area contributed by atoms with E-state index in [9.17, 15) is 9.59 Å². The predicted octanol–water partition coefficient (Wildman–Crippen LogP) is 3.17. The third-order valence-corrected chi connectivity index (χ3v) is 7.33. The van der Waals surface area contributed by atoms with E-state index in [4.69, 9.17) is 11.5 Å². The fourth-order valence-electron chi connectivity index (χ4n) is 4.58. The highest BCUT2D eigenvalue weighted by Gasteiger charge is 2.49. The van der Waals surface area contributed by atoms with E-state index in [1.165, 1.54) is 6.20 Å². The number of hydrogen-bond donors (Lipinski definition) is 4. The van der Waals surface area contributed by atoms with Gasteiger partial charge in [-0.2, -0.15) is 5.10 Å². The van der Waals surface area contributed by atoms with Gasteiger partial charge in [-0.15, -0.1) is 0 Å². The SMILES string of the molecule is CCNC(=O)c1ccc(-c2cc3c(N[C@@H]4CC[C@](C)(N)C4(C)C)c(C(N)=O)cnn3c2)cc1. The lowest BCUT2D eigenvalue weighted by molar-refractivity contribution is 0.0954. The molecule has 0 saturated heterocycles. The number of carbonyl (C=O) groups is 2. The topological polar surface area (TPSA) is 128 Å². The number of primary amides is 1. The van der Waals surface area contributed by atoms with Crippen LogP contribution in [0.2, 0.25) is 0 Å². The van der Waals surface area contributed by atoms with Crippen molar-refractivity contribution in [3.63, 3.8) is 0 Å². The molecular weight excluding hydrogens is 416 g/mol. The van der Waals surface area contributed by atoms with Crippen molar-refractivity contribution in [2.45, 2.75) is 52.1 Å². The Labute approximate surface area is 193 Å². The Hall–Kier alpha value is -3.39. The van der Waals surface area contributed by atoms with Crippen LogP contribution >= 0.6 is 0 Å². The van der Waals surface area contributed by atoms with Crippen LogP contribution in [0.4, 0.5) is 5.69 Å². The molecule has 1 aliphatic carbocycles. The zero-order chi connectivity index (χ0) is 24.0. The van der Waals surface area contributed by atoms with E-state index in [0.29, 0.717) is 23.4 Å². The van der Waals surface area contributed by atoms with Crippen molar-refractivity contribution >= 4 is 23.0 Å². The van der Waals surface area contributed by atoms with Gasteiger partial charge in [0.1, 0.15) is 0 Å². The fourth-order valence-corrected chi connectivity index (χ4v) is 4.58. The molecule has 0 spiro atoms. The minimum atomic E-state index is -0.534. The molecule has 0 radical (unpaired) electrons. The van der Waals surface area contributed by atoms with E-state index < -0.39 is 5.91 Å². The van der Waals surface area contributed by atoms with E-state index >= 15 is 0 Å². The van der Waals surface area contributed by atoms with Crippen LogP contribution in [0.5, 0.6) is 0 Å². The number of rotatable bonds is 6. The Morgan fingerprint density at radius 2 is 1.88 bits per heavy atom. The molecule has 1 fully saturated rings. The molecular formula is C25H32N6O2. The average molecular weight is 449 g/mol. The van der Waals surface area contributed by atoms with Gasteiger partial charge in [0.25, 0.3) is 11.8 Å². The average Bonchev–Trinajstić information content (AvgIpc) is 3.28. The fraction of sp³-hybridized carbons (Fsp3) is 0.400. The summed E-state index contributed by atoms with van der Waals surface area (Å²) in [5.41, 5.74) is 16.0. The van der Waals surface area contributed by atoms with Crippen LogP contribution in [0.15, 0.2) is 42.7 Å². The second-order valence-corrected chi connectivity index (χ2v) is 9.67. The summed E-state index contributed by atoms with van der Waals surface area (Å²) < 4.78 is 1.74. The molecule has 8 heteroatoms. The number of fused-ring (bicyclic) bond motifs is 1. The summed E-state index contributed by atoms with van der Waals surface area (Å²) in [5.74, 6) is -0.635. The standard InChI is InChI=1S/C25H32N6O2/c1-5-28-23(33)16-8-6-15(7-9-16)17-12-19-21(18(22(26)32)13-29-31(19)14-17)30-20-10-11-25(4,27)24(20,2)3/h6-9,12-14,20,30H,5,10-11,27H2,1-4H3,(H2,26,32)(H,28,33)/t20-,25+/m1/s1. The van der Waals surface area contributed by atoms with Gasteiger partial charge in [-0.1, -0.05) is 26.0 Å². The van der Waals surface area contributed by atoms with Gasteiger partial charge in [0.15, 0.2) is 0 Å². The predicted molar refractivity (Wildman–Crippen MR) is 130 cm³/mol. The first kappa shape index (κ1) is 22.8. The van der Waals surface area contributed by atoms with Gasteiger partial charge < -0.3 is 22.1 Å². The van der Waals surface area contributed by atoms with Crippen LogP contribution in [0.3, 0.4) is 0 Å². The van der Waals surface area contributed by atoms with E-state index in [0.717, 1.165) is 29.5 Å². The molecule has 6 N–H and O–H groups in total. The number of benzene rings is 1. The molecule has 0 aliphatic heterocycles. The first-order valence-electron chi connectivity index (χ1n) is 11.3. The van der Waals surface area contributed by atoms with Gasteiger partial charge in [-0.05, 0) is 50.5 Å². The Kier molecular flexibility index (Phi) is 5.66. The van der Waals surface area contributed by atoms with Gasteiger partial charge >= 0.3 is 0 Å². The number of nitrogens with two attached hydrogens (primary N) is 2. The lowest BCUT2D eigenvalue weighted by atomic mass is 9.75. The quantitative estimate of drug-likeness (QED) is 0.461. The maximum Gasteiger partial charge on any atom is 0.252 e. The number of hydrogen-bond acceptors (Lipinski definition) is 5. The van der Waals surface area contributed by atoms with Crippen molar-refractivity contribution in [1.82, 2.24) is 14.9 Å². The summed E-state index contributed by atoms with van der Waals surface area (Å²) in [7, 11) is 0. The van der Waals surface area contributed by atoms with Crippen LogP contribution in [0, 0.1) is 5.41 Å². The normalized spacial score (nSPS) is 21.8. The highest BCUT2D eigenvalue weighted by molar-refractivity contribution is 6.02. The van der Waals surface area contributed by atoms with Gasteiger partial charge in [0.05, 0.1) is 23.0 Å². The molecule has 0 bridgehead atoms. The summed E-state index contributed by atoms with van der Waals surface area (Å²) in [6, 6.07) is 9.46. The van der Waals surface area contributed by atoms with Crippen molar-refractivity contribution in [3.05, 3.63) is 53.9 Å². The number of carbonyl (C=O) groups excluding carboxylic acids is 2. The van der Waals surface area contributed by atoms with Crippen LogP contribution < -0.4 is 22.1 Å². The van der Waals surface area contributed by atoms with Gasteiger partial charge in [-0.25, -0.2) is 4.52 Å². The van der Waals surface area contributed by atoms with E-state index in [2.05, 4.69) is 36.5 Å². The molecule has 1 aromatic carbocycles. The molecule has 1 saturated carbocycles. The van der Waals surface area contributed by atoms with Gasteiger partial charge in [-0.3, -0.25) is 9.59 Å². The summed E-state index contributed by atoms with van der Waals surface area (Å²) in [4.78, 5) is 24.3. The monoisotopic (exact) mass is 448 g/mol. The van der Waals surface area contributed by atoms with Crippen molar-refractivity contribution in [3.8, 4) is 11.1 Å². The molecule has 8 nitrogen and oxygen atoms in total. The lowest BCUT2D eigenvalue weighted by Crippen LogP contribution is -2.51. The molecule has 33 heavy (non-hydrogen) atoms. The Balaban J connectivity index is 1.74. The summed E-state index contributed by atoms with van der Waals surface area (Å²) in [6.07, 6.45) is 5.18. The third kappa shape index (κ3) is 3.95. The molecule has 4 rings (SSSR count). The Morgan fingerprint density at radius 3 is 2.45 bits per heavy atom. The maximum absolute atomic E-state index is 12.2. The van der Waals surface area contributed by atoms with Crippen molar-refractivity contribution in [2.24, 2.45) is 16.9 Å². The first-order chi connectivity index (χ1) is 15.5. The number of nitrogens with one attached hydrogen (secondary N) is 2. The van der Waals surface area contributed by atoms with E-state index in [-0.39, 0.29) is 22.9 Å². The molecule has 2 heterocycles. The van der Waals surface area contributed by atoms with Gasteiger partial charge in [0.2, 0.25) is 0 Å². The molecule has 2 aromatic heterocycles. The molecule has 0 unspecified atom stereocenters. The molecule has 1 aliphatic rings. The smallest absolute Gasteiger partial charge is 0.252 e. The Bertz CT molecular complexity index is 1210. The van der Waals surface area contributed by atoms with Crippen molar-refractivity contribution in [1.29, 1.82) is 0 Å². The number of amides is 2. The summed E-state index contributed by atoms with van der Waals surface area (Å²) in [6.45, 7) is 8.85. The molecule has 3 aromatic rings. The van der Waals surface area contributed by atoms with Crippen LogP contribution in [0.25, 0.3) is 16.6 Å². The zero-order valence-electron chi connectivity index (χ0n) is 19.6. The van der Waals surface area contributed by atoms with Crippen molar-refractivity contribution in [2.75, 3.05) is 11.9 Å². The zero-order valence-corrected chi connectivity index (χ0v) is 19.6. The summed E-state index contributed by atoms with van der Waals surface area (Å²) in [5, 5.41) is 10.8. The number of aromatic nitrogens is 2. The second-order valence-electron chi connectivity index (χ2n) is 9.67. The molecule has 2 atom stereocenters. The van der Waals surface area contributed by atoms with E-state index in [1.807, 2.05) is 31.3 Å². The maximum atomic E-state index is 12.2. The Morgan fingerprint density at radius 1 is 1.18 bits per heavy atom. The van der Waals surface area contributed by atoms with E-state index in [1.54, 1.807) is 16.6 Å². The first-order valence-corrected chi connectivity index (χ1v) is 11.3. The van der Waals surface area contributed by atoms with Crippen molar-refractivity contribution < 1.29 is 9.59 Å². The van der Waals surface area contributed by atoms with Crippen LogP contribution in [-0.4, -0.2) is 39.6 Å². The van der Waals surface area contributed by atoms with Crippen LogP contribution in [-0.2, 0) is 0 Å². The largest absolute Gasteiger partial charge is 0.379 e. The highest BCUT2D eigenvalue weighted by atomic mass is 16.2. The second kappa shape index (κ2) is 8.19. The molecule has 2 amide bonds. The van der Waals surface area contributed by atoms with Gasteiger partial charge in [0, 0.05) is 40.9 Å². The minimum Gasteiger partial charge on any atom is -0.379 e. The van der Waals surface area contributed by atoms with Crippen LogP contribution in [0.1, 0.15) is 61.3 Å². The molecule has 174 valence electrons.